The third kappa shape index (κ3) is 4.19. The topological polar surface area (TPSA) is 46.6 Å². The summed E-state index contributed by atoms with van der Waals surface area (Å²) in [5.41, 5.74) is 0. The average molecular weight is 219 g/mol. The molecule has 0 aromatic rings. The number of esters is 1. The van der Waals surface area contributed by atoms with Crippen LogP contribution < -0.4 is 0 Å². The molecule has 0 amide bonds. The molecule has 1 fully saturated rings. The summed E-state index contributed by atoms with van der Waals surface area (Å²) in [6.07, 6.45) is -0.0542. The lowest BCUT2D eigenvalue weighted by Gasteiger charge is -2.25. The third-order valence-electron chi connectivity index (χ3n) is 1.99. The zero-order valence-corrected chi connectivity index (χ0v) is 9.51. The molecular weight excluding hydrogens is 202 g/mol. The Morgan fingerprint density at radius 2 is 2.00 bits per heavy atom. The fourth-order valence-corrected chi connectivity index (χ4v) is 2.44. The van der Waals surface area contributed by atoms with Crippen LogP contribution in [-0.4, -0.2) is 52.3 Å². The van der Waals surface area contributed by atoms with Gasteiger partial charge in [-0.05, 0) is 13.8 Å². The summed E-state index contributed by atoms with van der Waals surface area (Å²) in [4.78, 5) is 13.3. The number of hydrogen-bond donors (Lipinski definition) is 0. The van der Waals surface area contributed by atoms with Gasteiger partial charge in [0.2, 0.25) is 0 Å². The molecule has 5 heteroatoms. The maximum Gasteiger partial charge on any atom is 0.320 e. The molecular formula is C9H17NO3S. The maximum absolute atomic E-state index is 11.3. The Hall–Kier alpha value is -0.420. The zero-order chi connectivity index (χ0) is 10.6. The number of carbonyl (C=O) groups excluding carboxylic acids is 1. The first-order chi connectivity index (χ1) is 6.58. The van der Waals surface area contributed by atoms with Crippen LogP contribution in [0.2, 0.25) is 0 Å². The van der Waals surface area contributed by atoms with Crippen LogP contribution in [0.15, 0.2) is 0 Å². The highest BCUT2D eigenvalue weighted by Crippen LogP contribution is 2.00. The van der Waals surface area contributed by atoms with Gasteiger partial charge in [-0.15, -0.1) is 0 Å². The minimum absolute atomic E-state index is 0.0542. The summed E-state index contributed by atoms with van der Waals surface area (Å²) >= 11 is 0. The molecule has 0 aromatic heterocycles. The highest BCUT2D eigenvalue weighted by atomic mass is 32.2. The van der Waals surface area contributed by atoms with E-state index in [1.165, 1.54) is 0 Å². The lowest BCUT2D eigenvalue weighted by Crippen LogP contribution is -2.41. The monoisotopic (exact) mass is 219 g/mol. The van der Waals surface area contributed by atoms with Gasteiger partial charge in [-0.25, -0.2) is 0 Å². The van der Waals surface area contributed by atoms with Crippen molar-refractivity contribution in [3.8, 4) is 0 Å². The molecule has 0 aromatic carbocycles. The molecule has 0 N–H and O–H groups in total. The minimum Gasteiger partial charge on any atom is -0.462 e. The largest absolute Gasteiger partial charge is 0.462 e. The van der Waals surface area contributed by atoms with Crippen molar-refractivity contribution in [2.24, 2.45) is 0 Å². The summed E-state index contributed by atoms with van der Waals surface area (Å²) < 4.78 is 16.1. The second-order valence-electron chi connectivity index (χ2n) is 3.66. The molecule has 1 rings (SSSR count). The van der Waals surface area contributed by atoms with E-state index in [2.05, 4.69) is 0 Å². The molecule has 0 saturated carbocycles. The van der Waals surface area contributed by atoms with E-state index in [1.807, 2.05) is 18.7 Å². The Morgan fingerprint density at radius 3 is 2.50 bits per heavy atom. The fourth-order valence-electron chi connectivity index (χ4n) is 1.32. The first-order valence-electron chi connectivity index (χ1n) is 4.84. The summed E-state index contributed by atoms with van der Waals surface area (Å²) in [6.45, 7) is 5.47. The van der Waals surface area contributed by atoms with Gasteiger partial charge in [-0.3, -0.25) is 13.9 Å². The van der Waals surface area contributed by atoms with Crippen LogP contribution in [0.5, 0.6) is 0 Å². The number of nitrogens with zero attached hydrogens (tertiary/aromatic N) is 1. The predicted octanol–water partition coefficient (Wildman–Crippen LogP) is 0.00230. The quantitative estimate of drug-likeness (QED) is 0.627. The van der Waals surface area contributed by atoms with Crippen molar-refractivity contribution < 1.29 is 13.7 Å². The maximum atomic E-state index is 11.3. The lowest BCUT2D eigenvalue weighted by molar-refractivity contribution is -0.148. The normalized spacial score (nSPS) is 19.9. The highest BCUT2D eigenvalue weighted by molar-refractivity contribution is 7.85. The molecule has 0 spiro atoms. The van der Waals surface area contributed by atoms with Crippen molar-refractivity contribution in [3.63, 3.8) is 0 Å². The summed E-state index contributed by atoms with van der Waals surface area (Å²) in [7, 11) is -0.680. The smallest absolute Gasteiger partial charge is 0.320 e. The number of carbonyl (C=O) groups is 1. The molecule has 1 aliphatic rings. The standard InChI is InChI=1S/C9H17NO3S/c1-8(2)13-9(11)7-10-3-5-14(12)6-4-10/h8H,3-7H2,1-2H3. The molecule has 14 heavy (non-hydrogen) atoms. The van der Waals surface area contributed by atoms with Crippen molar-refractivity contribution in [3.05, 3.63) is 0 Å². The molecule has 4 nitrogen and oxygen atoms in total. The Kier molecular flexibility index (Phi) is 4.54. The predicted molar refractivity (Wildman–Crippen MR) is 55.5 cm³/mol. The second kappa shape index (κ2) is 5.46. The molecule has 0 unspecified atom stereocenters. The van der Waals surface area contributed by atoms with E-state index in [1.54, 1.807) is 0 Å². The Bertz CT molecular complexity index is 220. The lowest BCUT2D eigenvalue weighted by atomic mass is 10.4. The fraction of sp³-hybridized carbons (Fsp3) is 0.889. The molecule has 1 heterocycles. The Morgan fingerprint density at radius 1 is 1.43 bits per heavy atom. The number of ether oxygens (including phenoxy) is 1. The number of hydrogen-bond acceptors (Lipinski definition) is 4. The van der Waals surface area contributed by atoms with Crippen LogP contribution in [0.25, 0.3) is 0 Å². The van der Waals surface area contributed by atoms with E-state index in [-0.39, 0.29) is 12.1 Å². The van der Waals surface area contributed by atoms with Crippen molar-refractivity contribution in [1.82, 2.24) is 4.90 Å². The van der Waals surface area contributed by atoms with Gasteiger partial charge >= 0.3 is 5.97 Å². The van der Waals surface area contributed by atoms with Crippen LogP contribution in [0.1, 0.15) is 13.8 Å². The van der Waals surface area contributed by atoms with Gasteiger partial charge in [0.15, 0.2) is 0 Å². The van der Waals surface area contributed by atoms with E-state index in [0.717, 1.165) is 13.1 Å². The van der Waals surface area contributed by atoms with Gasteiger partial charge in [-0.1, -0.05) is 0 Å². The summed E-state index contributed by atoms with van der Waals surface area (Å²) in [6, 6.07) is 0. The molecule has 0 radical (unpaired) electrons. The van der Waals surface area contributed by atoms with Crippen molar-refractivity contribution >= 4 is 16.8 Å². The third-order valence-corrected chi connectivity index (χ3v) is 3.27. The van der Waals surface area contributed by atoms with Crippen LogP contribution in [0.4, 0.5) is 0 Å². The summed E-state index contributed by atoms with van der Waals surface area (Å²) in [5, 5.41) is 0. The first kappa shape index (κ1) is 11.7. The van der Waals surface area contributed by atoms with E-state index < -0.39 is 10.8 Å². The Balaban J connectivity index is 2.24. The highest BCUT2D eigenvalue weighted by Gasteiger charge is 2.18. The van der Waals surface area contributed by atoms with Gasteiger partial charge in [0.1, 0.15) is 0 Å². The van der Waals surface area contributed by atoms with Crippen molar-refractivity contribution in [2.75, 3.05) is 31.1 Å². The molecule has 1 saturated heterocycles. The Labute approximate surface area is 87.1 Å². The van der Waals surface area contributed by atoms with E-state index in [9.17, 15) is 9.00 Å². The molecule has 0 aliphatic carbocycles. The molecule has 82 valence electrons. The van der Waals surface area contributed by atoms with Gasteiger partial charge in [0, 0.05) is 35.4 Å². The van der Waals surface area contributed by atoms with E-state index >= 15 is 0 Å². The van der Waals surface area contributed by atoms with Crippen molar-refractivity contribution in [1.29, 1.82) is 0 Å². The van der Waals surface area contributed by atoms with Gasteiger partial charge < -0.3 is 4.74 Å². The minimum atomic E-state index is -0.680. The molecule has 0 bridgehead atoms. The van der Waals surface area contributed by atoms with Crippen molar-refractivity contribution in [2.45, 2.75) is 20.0 Å². The SMILES string of the molecule is CC(C)OC(=O)CN1CCS(=O)CC1. The van der Waals surface area contributed by atoms with E-state index in [4.69, 9.17) is 4.74 Å². The van der Waals surface area contributed by atoms with Crippen LogP contribution in [0.3, 0.4) is 0 Å². The first-order valence-corrected chi connectivity index (χ1v) is 6.33. The van der Waals surface area contributed by atoms with Gasteiger partial charge in [-0.2, -0.15) is 0 Å². The summed E-state index contributed by atoms with van der Waals surface area (Å²) in [5.74, 6) is 1.16. The molecule has 1 aliphatic heterocycles. The van der Waals surface area contributed by atoms with Gasteiger partial charge in [0.05, 0.1) is 12.6 Å². The average Bonchev–Trinajstić information content (AvgIpc) is 2.07. The number of rotatable bonds is 3. The van der Waals surface area contributed by atoms with Gasteiger partial charge in [0.25, 0.3) is 0 Å². The van der Waals surface area contributed by atoms with Crippen LogP contribution in [0, 0.1) is 0 Å². The van der Waals surface area contributed by atoms with Crippen LogP contribution >= 0.6 is 0 Å². The van der Waals surface area contributed by atoms with Crippen LogP contribution in [-0.2, 0) is 20.3 Å². The second-order valence-corrected chi connectivity index (χ2v) is 5.36. The zero-order valence-electron chi connectivity index (χ0n) is 8.69. The molecule has 0 atom stereocenters. The van der Waals surface area contributed by atoms with E-state index in [0.29, 0.717) is 18.1 Å².